The predicted molar refractivity (Wildman–Crippen MR) is 65.2 cm³/mol. The summed E-state index contributed by atoms with van der Waals surface area (Å²) in [7, 11) is -3.69. The Hall–Kier alpha value is -0.990. The molecule has 0 spiro atoms. The fraction of sp³-hybridized carbons (Fsp3) is 0.333. The summed E-state index contributed by atoms with van der Waals surface area (Å²) in [5, 5.41) is 0. The number of halogens is 4. The normalized spacial score (nSPS) is 11.8. The maximum Gasteiger partial charge on any atom is 0.416 e. The molecule has 0 saturated heterocycles. The third-order valence-corrected chi connectivity index (χ3v) is 3.17. The molecule has 104 valence electrons. The van der Waals surface area contributed by atoms with Crippen molar-refractivity contribution in [2.45, 2.75) is 6.18 Å². The highest BCUT2D eigenvalue weighted by Gasteiger charge is 2.30. The van der Waals surface area contributed by atoms with Crippen LogP contribution in [-0.4, -0.2) is 20.7 Å². The summed E-state index contributed by atoms with van der Waals surface area (Å²) in [5.41, 5.74) is 4.03. The zero-order valence-corrected chi connectivity index (χ0v) is 10.7. The van der Waals surface area contributed by atoms with Gasteiger partial charge >= 0.3 is 6.18 Å². The molecule has 0 unspecified atom stereocenters. The second kappa shape index (κ2) is 6.26. The van der Waals surface area contributed by atoms with Crippen LogP contribution >= 0.6 is 12.4 Å². The van der Waals surface area contributed by atoms with E-state index in [9.17, 15) is 21.6 Å². The third-order valence-electron chi connectivity index (χ3n) is 1.85. The van der Waals surface area contributed by atoms with Crippen LogP contribution in [0.25, 0.3) is 0 Å². The molecule has 0 fully saturated rings. The molecule has 1 aromatic rings. The van der Waals surface area contributed by atoms with Gasteiger partial charge in [0.25, 0.3) is 0 Å². The summed E-state index contributed by atoms with van der Waals surface area (Å²) in [6, 6.07) is 3.96. The maximum atomic E-state index is 12.4. The first kappa shape index (κ1) is 17.0. The Morgan fingerprint density at radius 2 is 1.89 bits per heavy atom. The molecular formula is C9H12ClF3N2O2S. The summed E-state index contributed by atoms with van der Waals surface area (Å²) in [6.07, 6.45) is -4.50. The molecule has 3 N–H and O–H groups in total. The second-order valence-corrected chi connectivity index (χ2v) is 5.13. The molecule has 0 saturated carbocycles. The van der Waals surface area contributed by atoms with Gasteiger partial charge in [-0.1, -0.05) is 6.07 Å². The highest BCUT2D eigenvalue weighted by Crippen LogP contribution is 2.30. The molecular weight excluding hydrogens is 293 g/mol. The van der Waals surface area contributed by atoms with Gasteiger partial charge in [0.1, 0.15) is 0 Å². The van der Waals surface area contributed by atoms with E-state index in [-0.39, 0.29) is 30.4 Å². The minimum Gasteiger partial charge on any atom is -0.329 e. The van der Waals surface area contributed by atoms with Crippen LogP contribution < -0.4 is 10.5 Å². The summed E-state index contributed by atoms with van der Waals surface area (Å²) in [5.74, 6) is -0.344. The molecule has 0 aliphatic heterocycles. The van der Waals surface area contributed by atoms with Gasteiger partial charge in [-0.2, -0.15) is 13.2 Å². The number of anilines is 1. The van der Waals surface area contributed by atoms with Gasteiger partial charge in [0.2, 0.25) is 10.0 Å². The van der Waals surface area contributed by atoms with Gasteiger partial charge < -0.3 is 5.73 Å². The van der Waals surface area contributed by atoms with E-state index in [1.165, 1.54) is 6.07 Å². The van der Waals surface area contributed by atoms with Crippen LogP contribution in [0.2, 0.25) is 0 Å². The molecule has 1 rings (SSSR count). The molecule has 0 aliphatic carbocycles. The maximum absolute atomic E-state index is 12.4. The van der Waals surface area contributed by atoms with E-state index in [1.54, 1.807) is 0 Å². The van der Waals surface area contributed by atoms with Crippen molar-refractivity contribution in [3.05, 3.63) is 29.8 Å². The first-order chi connectivity index (χ1) is 7.74. The molecule has 4 nitrogen and oxygen atoms in total. The fourth-order valence-corrected chi connectivity index (χ4v) is 2.04. The van der Waals surface area contributed by atoms with E-state index >= 15 is 0 Å². The molecule has 0 bridgehead atoms. The van der Waals surface area contributed by atoms with Crippen LogP contribution in [-0.2, 0) is 16.2 Å². The molecule has 0 amide bonds. The molecule has 0 aromatic heterocycles. The van der Waals surface area contributed by atoms with Gasteiger partial charge in [-0.15, -0.1) is 12.4 Å². The summed E-state index contributed by atoms with van der Waals surface area (Å²) >= 11 is 0. The number of alkyl halides is 3. The monoisotopic (exact) mass is 304 g/mol. The topological polar surface area (TPSA) is 72.2 Å². The second-order valence-electron chi connectivity index (χ2n) is 3.29. The Bertz CT molecular complexity index is 491. The molecule has 1 aromatic carbocycles. The highest BCUT2D eigenvalue weighted by atomic mass is 35.5. The number of hydrogen-bond donors (Lipinski definition) is 2. The number of nitrogens with two attached hydrogens (primary N) is 1. The van der Waals surface area contributed by atoms with E-state index in [2.05, 4.69) is 0 Å². The van der Waals surface area contributed by atoms with Crippen molar-refractivity contribution >= 4 is 28.1 Å². The Morgan fingerprint density at radius 1 is 1.28 bits per heavy atom. The lowest BCUT2D eigenvalue weighted by atomic mass is 10.2. The average Bonchev–Trinajstić information content (AvgIpc) is 2.15. The summed E-state index contributed by atoms with van der Waals surface area (Å²) < 4.78 is 61.7. The first-order valence-corrected chi connectivity index (χ1v) is 6.27. The highest BCUT2D eigenvalue weighted by molar-refractivity contribution is 7.92. The van der Waals surface area contributed by atoms with E-state index in [1.807, 2.05) is 4.72 Å². The molecule has 0 heterocycles. The lowest BCUT2D eigenvalue weighted by Gasteiger charge is -2.10. The average molecular weight is 305 g/mol. The number of benzene rings is 1. The van der Waals surface area contributed by atoms with E-state index in [4.69, 9.17) is 5.73 Å². The van der Waals surface area contributed by atoms with Gasteiger partial charge in [0.05, 0.1) is 11.3 Å². The zero-order valence-electron chi connectivity index (χ0n) is 9.07. The van der Waals surface area contributed by atoms with Crippen LogP contribution in [0.3, 0.4) is 0 Å². The predicted octanol–water partition coefficient (Wildman–Crippen LogP) is 1.83. The Morgan fingerprint density at radius 3 is 2.39 bits per heavy atom. The number of nitrogens with one attached hydrogen (secondary N) is 1. The lowest BCUT2D eigenvalue weighted by Crippen LogP contribution is -2.22. The molecule has 18 heavy (non-hydrogen) atoms. The van der Waals surface area contributed by atoms with Crippen LogP contribution in [0.4, 0.5) is 18.9 Å². The van der Waals surface area contributed by atoms with Crippen molar-refractivity contribution in [1.82, 2.24) is 0 Å². The largest absolute Gasteiger partial charge is 0.416 e. The van der Waals surface area contributed by atoms with E-state index in [0.717, 1.165) is 18.2 Å². The van der Waals surface area contributed by atoms with Crippen LogP contribution in [0.15, 0.2) is 24.3 Å². The Labute approximate surface area is 109 Å². The quantitative estimate of drug-likeness (QED) is 0.891. The van der Waals surface area contributed by atoms with Gasteiger partial charge in [0, 0.05) is 12.2 Å². The van der Waals surface area contributed by atoms with E-state index in [0.29, 0.717) is 0 Å². The zero-order chi connectivity index (χ0) is 13.1. The Balaban J connectivity index is 0.00000289. The lowest BCUT2D eigenvalue weighted by molar-refractivity contribution is -0.137. The van der Waals surface area contributed by atoms with Crippen LogP contribution in [0.1, 0.15) is 5.56 Å². The number of hydrogen-bond acceptors (Lipinski definition) is 3. The smallest absolute Gasteiger partial charge is 0.329 e. The van der Waals surface area contributed by atoms with Crippen molar-refractivity contribution in [1.29, 1.82) is 0 Å². The molecule has 9 heteroatoms. The molecule has 0 atom stereocenters. The molecule has 0 radical (unpaired) electrons. The SMILES string of the molecule is Cl.NCCS(=O)(=O)Nc1cccc(C(F)(F)F)c1. The van der Waals surface area contributed by atoms with Gasteiger partial charge in [-0.3, -0.25) is 4.72 Å². The number of sulfonamides is 1. The minimum atomic E-state index is -4.50. The summed E-state index contributed by atoms with van der Waals surface area (Å²) in [6.45, 7) is -0.103. The Kier molecular flexibility index (Phi) is 5.91. The number of rotatable bonds is 4. The van der Waals surface area contributed by atoms with Crippen LogP contribution in [0, 0.1) is 0 Å². The summed E-state index contributed by atoms with van der Waals surface area (Å²) in [4.78, 5) is 0. The van der Waals surface area contributed by atoms with Gasteiger partial charge in [0.15, 0.2) is 0 Å². The van der Waals surface area contributed by atoms with Crippen molar-refractivity contribution in [2.24, 2.45) is 5.73 Å². The minimum absolute atomic E-state index is 0. The van der Waals surface area contributed by atoms with Crippen molar-refractivity contribution in [2.75, 3.05) is 17.0 Å². The van der Waals surface area contributed by atoms with Crippen molar-refractivity contribution < 1.29 is 21.6 Å². The van der Waals surface area contributed by atoms with Gasteiger partial charge in [-0.25, -0.2) is 8.42 Å². The third kappa shape index (κ3) is 5.11. The fourth-order valence-electron chi connectivity index (χ4n) is 1.14. The van der Waals surface area contributed by atoms with Crippen LogP contribution in [0.5, 0.6) is 0 Å². The van der Waals surface area contributed by atoms with Crippen molar-refractivity contribution in [3.63, 3.8) is 0 Å². The molecule has 0 aliphatic rings. The van der Waals surface area contributed by atoms with E-state index < -0.39 is 21.8 Å². The first-order valence-electron chi connectivity index (χ1n) is 4.62. The van der Waals surface area contributed by atoms with Crippen molar-refractivity contribution in [3.8, 4) is 0 Å². The van der Waals surface area contributed by atoms with Gasteiger partial charge in [-0.05, 0) is 18.2 Å². The standard InChI is InChI=1S/C9H11F3N2O2S.ClH/c10-9(11,12)7-2-1-3-8(6-7)14-17(15,16)5-4-13;/h1-3,6,14H,4-5,13H2;1H.